The van der Waals surface area contributed by atoms with Crippen molar-refractivity contribution in [3.05, 3.63) is 28.8 Å². The molecule has 0 spiro atoms. The van der Waals surface area contributed by atoms with Crippen molar-refractivity contribution in [3.8, 4) is 5.75 Å². The SMILES string of the molecule is CCOP(=O)(O)Cc1cc(C)c(O)c(C)c1. The Morgan fingerprint density at radius 2 is 1.81 bits per heavy atom. The van der Waals surface area contributed by atoms with Gasteiger partial charge in [0.15, 0.2) is 0 Å². The molecule has 0 aliphatic heterocycles. The molecule has 4 nitrogen and oxygen atoms in total. The zero-order valence-corrected chi connectivity index (χ0v) is 10.6. The van der Waals surface area contributed by atoms with Gasteiger partial charge in [-0.2, -0.15) is 0 Å². The van der Waals surface area contributed by atoms with E-state index in [9.17, 15) is 14.6 Å². The number of benzene rings is 1. The second-order valence-corrected chi connectivity index (χ2v) is 5.64. The van der Waals surface area contributed by atoms with Crippen molar-refractivity contribution in [3.63, 3.8) is 0 Å². The molecule has 0 saturated heterocycles. The maximum absolute atomic E-state index is 11.6. The molecular weight excluding hydrogens is 227 g/mol. The fourth-order valence-corrected chi connectivity index (χ4v) is 2.75. The molecular formula is C11H17O4P. The van der Waals surface area contributed by atoms with Crippen LogP contribution in [0.2, 0.25) is 0 Å². The highest BCUT2D eigenvalue weighted by Crippen LogP contribution is 2.46. The first-order chi connectivity index (χ1) is 7.35. The van der Waals surface area contributed by atoms with Crippen molar-refractivity contribution in [2.24, 2.45) is 0 Å². The van der Waals surface area contributed by atoms with Gasteiger partial charge in [0.05, 0.1) is 12.8 Å². The molecule has 0 bridgehead atoms. The van der Waals surface area contributed by atoms with Gasteiger partial charge >= 0.3 is 7.60 Å². The molecule has 0 aliphatic carbocycles. The van der Waals surface area contributed by atoms with Crippen molar-refractivity contribution in [1.82, 2.24) is 0 Å². The monoisotopic (exact) mass is 244 g/mol. The van der Waals surface area contributed by atoms with E-state index in [0.717, 1.165) is 0 Å². The molecule has 0 fully saturated rings. The highest BCUT2D eigenvalue weighted by molar-refractivity contribution is 7.51. The summed E-state index contributed by atoms with van der Waals surface area (Å²) < 4.78 is 16.4. The lowest BCUT2D eigenvalue weighted by atomic mass is 10.1. The Kier molecular flexibility index (Phi) is 4.14. The smallest absolute Gasteiger partial charge is 0.332 e. The topological polar surface area (TPSA) is 66.8 Å². The molecule has 0 heterocycles. The van der Waals surface area contributed by atoms with E-state index in [1.165, 1.54) is 0 Å². The molecule has 1 atom stereocenters. The number of aromatic hydroxyl groups is 1. The van der Waals surface area contributed by atoms with Gasteiger partial charge in [-0.25, -0.2) is 0 Å². The van der Waals surface area contributed by atoms with E-state index in [0.29, 0.717) is 16.7 Å². The number of aryl methyl sites for hydroxylation is 2. The molecule has 1 aromatic rings. The Bertz CT molecular complexity index is 405. The largest absolute Gasteiger partial charge is 0.507 e. The van der Waals surface area contributed by atoms with Crippen LogP contribution in [0.5, 0.6) is 5.75 Å². The molecule has 0 aromatic heterocycles. The summed E-state index contributed by atoms with van der Waals surface area (Å²) in [5.74, 6) is 0.230. The highest BCUT2D eigenvalue weighted by atomic mass is 31.2. The van der Waals surface area contributed by atoms with E-state index in [1.54, 1.807) is 32.9 Å². The maximum atomic E-state index is 11.6. The summed E-state index contributed by atoms with van der Waals surface area (Å²) in [4.78, 5) is 9.49. The fraction of sp³-hybridized carbons (Fsp3) is 0.455. The first kappa shape index (κ1) is 13.2. The van der Waals surface area contributed by atoms with Crippen molar-refractivity contribution < 1.29 is 19.1 Å². The summed E-state index contributed by atoms with van der Waals surface area (Å²) in [7, 11) is -3.55. The highest BCUT2D eigenvalue weighted by Gasteiger charge is 2.19. The molecule has 2 N–H and O–H groups in total. The third-order valence-corrected chi connectivity index (χ3v) is 3.69. The molecule has 1 unspecified atom stereocenters. The summed E-state index contributed by atoms with van der Waals surface area (Å²) in [6.07, 6.45) is -0.0250. The Morgan fingerprint density at radius 3 is 2.25 bits per heavy atom. The summed E-state index contributed by atoms with van der Waals surface area (Å²) in [6.45, 7) is 5.41. The fourth-order valence-electron chi connectivity index (χ4n) is 1.61. The molecule has 5 heteroatoms. The Morgan fingerprint density at radius 1 is 1.31 bits per heavy atom. The molecule has 16 heavy (non-hydrogen) atoms. The lowest BCUT2D eigenvalue weighted by molar-refractivity contribution is 0.272. The predicted octanol–water partition coefficient (Wildman–Crippen LogP) is 2.73. The van der Waals surface area contributed by atoms with Gasteiger partial charge in [-0.1, -0.05) is 12.1 Å². The first-order valence-electron chi connectivity index (χ1n) is 5.11. The van der Waals surface area contributed by atoms with Crippen molar-refractivity contribution >= 4 is 7.60 Å². The van der Waals surface area contributed by atoms with Crippen LogP contribution in [0.4, 0.5) is 0 Å². The van der Waals surface area contributed by atoms with E-state index in [1.807, 2.05) is 0 Å². The second kappa shape index (κ2) is 5.00. The van der Waals surface area contributed by atoms with Gasteiger partial charge in [0.2, 0.25) is 0 Å². The Balaban J connectivity index is 2.95. The van der Waals surface area contributed by atoms with Crippen LogP contribution in [0.15, 0.2) is 12.1 Å². The van der Waals surface area contributed by atoms with Crippen LogP contribution in [0.25, 0.3) is 0 Å². The van der Waals surface area contributed by atoms with Gasteiger partial charge in [0.1, 0.15) is 5.75 Å². The van der Waals surface area contributed by atoms with Gasteiger partial charge in [-0.05, 0) is 37.5 Å². The zero-order valence-electron chi connectivity index (χ0n) is 9.73. The van der Waals surface area contributed by atoms with Crippen LogP contribution in [0.1, 0.15) is 23.6 Å². The Labute approximate surface area is 95.4 Å². The Hall–Kier alpha value is -0.830. The number of hydrogen-bond donors (Lipinski definition) is 2. The van der Waals surface area contributed by atoms with Crippen LogP contribution >= 0.6 is 7.60 Å². The van der Waals surface area contributed by atoms with Gasteiger partial charge < -0.3 is 14.5 Å². The molecule has 0 aliphatic rings. The van der Waals surface area contributed by atoms with Crippen LogP contribution in [0.3, 0.4) is 0 Å². The summed E-state index contributed by atoms with van der Waals surface area (Å²) in [5, 5.41) is 9.57. The molecule has 1 rings (SSSR count). The van der Waals surface area contributed by atoms with Gasteiger partial charge in [0, 0.05) is 0 Å². The number of phenolic OH excluding ortho intramolecular Hbond substituents is 1. The van der Waals surface area contributed by atoms with E-state index in [-0.39, 0.29) is 18.5 Å². The maximum Gasteiger partial charge on any atom is 0.332 e. The van der Waals surface area contributed by atoms with Crippen molar-refractivity contribution in [2.75, 3.05) is 6.61 Å². The van der Waals surface area contributed by atoms with Crippen molar-refractivity contribution in [2.45, 2.75) is 26.9 Å². The van der Waals surface area contributed by atoms with E-state index in [4.69, 9.17) is 4.52 Å². The number of rotatable bonds is 4. The normalized spacial score (nSPS) is 14.8. The number of phenols is 1. The number of hydrogen-bond acceptors (Lipinski definition) is 3. The lowest BCUT2D eigenvalue weighted by Crippen LogP contribution is -1.95. The van der Waals surface area contributed by atoms with Crippen LogP contribution in [-0.2, 0) is 15.3 Å². The molecule has 1 aromatic carbocycles. The first-order valence-corrected chi connectivity index (χ1v) is 6.87. The lowest BCUT2D eigenvalue weighted by Gasteiger charge is -2.12. The van der Waals surface area contributed by atoms with Gasteiger partial charge in [-0.15, -0.1) is 0 Å². The minimum absolute atomic E-state index is 0.0250. The molecule has 0 saturated carbocycles. The van der Waals surface area contributed by atoms with Crippen LogP contribution in [0, 0.1) is 13.8 Å². The van der Waals surface area contributed by atoms with Crippen LogP contribution in [-0.4, -0.2) is 16.6 Å². The summed E-state index contributed by atoms with van der Waals surface area (Å²) in [6, 6.07) is 3.40. The minimum Gasteiger partial charge on any atom is -0.507 e. The van der Waals surface area contributed by atoms with Gasteiger partial charge in [-0.3, -0.25) is 4.57 Å². The average Bonchev–Trinajstić information content (AvgIpc) is 2.13. The molecule has 90 valence electrons. The molecule has 0 amide bonds. The third kappa shape index (κ3) is 3.34. The van der Waals surface area contributed by atoms with Crippen LogP contribution < -0.4 is 0 Å². The summed E-state index contributed by atoms with van der Waals surface area (Å²) >= 11 is 0. The van der Waals surface area contributed by atoms with E-state index in [2.05, 4.69) is 0 Å². The van der Waals surface area contributed by atoms with E-state index < -0.39 is 7.60 Å². The van der Waals surface area contributed by atoms with Gasteiger partial charge in [0.25, 0.3) is 0 Å². The van der Waals surface area contributed by atoms with Crippen molar-refractivity contribution in [1.29, 1.82) is 0 Å². The quantitative estimate of drug-likeness (QED) is 0.799. The zero-order chi connectivity index (χ0) is 12.3. The summed E-state index contributed by atoms with van der Waals surface area (Å²) in [5.41, 5.74) is 2.10. The average molecular weight is 244 g/mol. The minimum atomic E-state index is -3.55. The molecule has 0 radical (unpaired) electrons. The standard InChI is InChI=1S/C11H17O4P/c1-4-15-16(13,14)7-10-5-8(2)11(12)9(3)6-10/h5-6,12H,4,7H2,1-3H3,(H,13,14). The predicted molar refractivity (Wildman–Crippen MR) is 62.7 cm³/mol. The second-order valence-electron chi connectivity index (χ2n) is 3.79. The third-order valence-electron chi connectivity index (χ3n) is 2.26. The van der Waals surface area contributed by atoms with E-state index >= 15 is 0 Å².